The van der Waals surface area contributed by atoms with Crippen molar-refractivity contribution in [2.45, 2.75) is 57.1 Å². The molecule has 162 valence electrons. The fraction of sp³-hybridized carbons (Fsp3) is 0.560. The lowest BCUT2D eigenvalue weighted by molar-refractivity contribution is 0.303. The quantitative estimate of drug-likeness (QED) is 0.328. The van der Waals surface area contributed by atoms with Gasteiger partial charge in [0.1, 0.15) is 18.2 Å². The number of ether oxygens (including phenoxy) is 1. The zero-order valence-electron chi connectivity index (χ0n) is 18.3. The molecule has 1 aliphatic carbocycles. The minimum absolute atomic E-state index is 0.133. The van der Waals surface area contributed by atoms with Gasteiger partial charge in [0, 0.05) is 12.6 Å². The van der Waals surface area contributed by atoms with Crippen molar-refractivity contribution in [3.63, 3.8) is 0 Å². The Kier molecular flexibility index (Phi) is 6.77. The lowest BCUT2D eigenvalue weighted by atomic mass is 9.82. The maximum absolute atomic E-state index is 6.34. The van der Waals surface area contributed by atoms with E-state index >= 15 is 0 Å². The van der Waals surface area contributed by atoms with Crippen molar-refractivity contribution >= 4 is 29.0 Å². The van der Waals surface area contributed by atoms with Crippen LogP contribution in [0.2, 0.25) is 0 Å². The standard InChI is InChI=1S/C25H35N3OS/c1-3-6-19-7-4-8-20(17-19)11-13-28-14-15-29-23-18-21(9-10-22(23)28)27-24(26)25(2)12-5-16-30-25/h4-5,8-10,16,18-20H,3,6-7,11-15,17H2,1-2H3,(H2,26,27). The van der Waals surface area contributed by atoms with Crippen LogP contribution in [-0.2, 0) is 0 Å². The predicted molar refractivity (Wildman–Crippen MR) is 130 cm³/mol. The molecule has 0 radical (unpaired) electrons. The number of aliphatic imine (C=N–C) groups is 1. The van der Waals surface area contributed by atoms with Gasteiger partial charge in [-0.15, -0.1) is 11.8 Å². The highest BCUT2D eigenvalue weighted by molar-refractivity contribution is 8.04. The molecule has 4 nitrogen and oxygen atoms in total. The normalized spacial score (nSPS) is 28.5. The molecule has 0 saturated heterocycles. The van der Waals surface area contributed by atoms with Gasteiger partial charge in [-0.05, 0) is 62.0 Å². The summed E-state index contributed by atoms with van der Waals surface area (Å²) in [5.74, 6) is 3.20. The van der Waals surface area contributed by atoms with Crippen LogP contribution in [0.4, 0.5) is 11.4 Å². The number of rotatable bonds is 7. The largest absolute Gasteiger partial charge is 0.489 e. The van der Waals surface area contributed by atoms with E-state index in [-0.39, 0.29) is 4.75 Å². The molecule has 5 heteroatoms. The van der Waals surface area contributed by atoms with E-state index in [4.69, 9.17) is 15.5 Å². The summed E-state index contributed by atoms with van der Waals surface area (Å²) in [5.41, 5.74) is 8.40. The maximum Gasteiger partial charge on any atom is 0.144 e. The Morgan fingerprint density at radius 1 is 1.33 bits per heavy atom. The molecule has 0 amide bonds. The van der Waals surface area contributed by atoms with Crippen molar-refractivity contribution in [2.24, 2.45) is 22.6 Å². The van der Waals surface area contributed by atoms with Crippen molar-refractivity contribution in [1.82, 2.24) is 0 Å². The number of hydrogen-bond donors (Lipinski definition) is 1. The molecule has 1 aromatic rings. The fourth-order valence-corrected chi connectivity index (χ4v) is 5.61. The number of amidine groups is 1. The van der Waals surface area contributed by atoms with E-state index in [1.807, 2.05) is 6.07 Å². The van der Waals surface area contributed by atoms with Crippen molar-refractivity contribution in [3.05, 3.63) is 41.8 Å². The van der Waals surface area contributed by atoms with Crippen LogP contribution in [0.3, 0.4) is 0 Å². The summed E-state index contributed by atoms with van der Waals surface area (Å²) in [6.07, 6.45) is 14.4. The lowest BCUT2D eigenvalue weighted by Crippen LogP contribution is -2.36. The lowest BCUT2D eigenvalue weighted by Gasteiger charge is -2.33. The molecular formula is C25H35N3OS. The van der Waals surface area contributed by atoms with E-state index in [0.29, 0.717) is 11.8 Å². The molecule has 2 heterocycles. The van der Waals surface area contributed by atoms with Gasteiger partial charge in [0.25, 0.3) is 0 Å². The van der Waals surface area contributed by atoms with Crippen LogP contribution in [0.25, 0.3) is 0 Å². The van der Waals surface area contributed by atoms with E-state index in [0.717, 1.165) is 43.5 Å². The second kappa shape index (κ2) is 9.51. The van der Waals surface area contributed by atoms with Gasteiger partial charge in [0.15, 0.2) is 0 Å². The van der Waals surface area contributed by atoms with E-state index in [1.54, 1.807) is 11.8 Å². The Morgan fingerprint density at radius 3 is 3.03 bits per heavy atom. The Balaban J connectivity index is 1.41. The van der Waals surface area contributed by atoms with Gasteiger partial charge in [0.2, 0.25) is 0 Å². The Labute approximate surface area is 185 Å². The van der Waals surface area contributed by atoms with Crippen molar-refractivity contribution in [3.8, 4) is 5.75 Å². The molecule has 0 saturated carbocycles. The summed E-state index contributed by atoms with van der Waals surface area (Å²) in [7, 11) is 0. The van der Waals surface area contributed by atoms with Gasteiger partial charge in [-0.3, -0.25) is 0 Å². The third kappa shape index (κ3) is 4.88. The summed E-state index contributed by atoms with van der Waals surface area (Å²) in [4.78, 5) is 7.19. The number of anilines is 1. The molecule has 0 bridgehead atoms. The van der Waals surface area contributed by atoms with Crippen LogP contribution in [0, 0.1) is 11.8 Å². The summed E-state index contributed by atoms with van der Waals surface area (Å²) in [5, 5.41) is 2.11. The predicted octanol–water partition coefficient (Wildman–Crippen LogP) is 6.06. The SMILES string of the molecule is CCCC1CC=CC(CCN2CCOc3cc(N=C(N)C4(C)CC=CS4)ccc32)C1. The van der Waals surface area contributed by atoms with Crippen molar-refractivity contribution < 1.29 is 4.74 Å². The third-order valence-corrected chi connectivity index (χ3v) is 7.83. The van der Waals surface area contributed by atoms with Gasteiger partial charge in [0.05, 0.1) is 22.7 Å². The topological polar surface area (TPSA) is 50.8 Å². The first-order chi connectivity index (χ1) is 14.6. The van der Waals surface area contributed by atoms with E-state index < -0.39 is 0 Å². The summed E-state index contributed by atoms with van der Waals surface area (Å²) in [6, 6.07) is 6.27. The second-order valence-electron chi connectivity index (χ2n) is 9.01. The molecule has 2 aliphatic heterocycles. The van der Waals surface area contributed by atoms with E-state index in [2.05, 4.69) is 54.5 Å². The first kappa shape index (κ1) is 21.4. The number of hydrogen-bond acceptors (Lipinski definition) is 4. The average Bonchev–Trinajstić information content (AvgIpc) is 3.20. The summed E-state index contributed by atoms with van der Waals surface area (Å²) >= 11 is 1.74. The number of benzene rings is 1. The molecule has 3 aliphatic rings. The van der Waals surface area contributed by atoms with Gasteiger partial charge in [-0.1, -0.05) is 38.0 Å². The smallest absolute Gasteiger partial charge is 0.144 e. The van der Waals surface area contributed by atoms with Gasteiger partial charge in [-0.25, -0.2) is 4.99 Å². The molecule has 0 spiro atoms. The van der Waals surface area contributed by atoms with E-state index in [9.17, 15) is 0 Å². The van der Waals surface area contributed by atoms with Crippen LogP contribution < -0.4 is 15.4 Å². The molecule has 3 atom stereocenters. The molecule has 0 aromatic heterocycles. The van der Waals surface area contributed by atoms with Gasteiger partial charge in [-0.2, -0.15) is 0 Å². The fourth-order valence-electron chi connectivity index (χ4n) is 4.76. The van der Waals surface area contributed by atoms with Crippen LogP contribution in [0.5, 0.6) is 5.75 Å². The number of allylic oxidation sites excluding steroid dienone is 3. The first-order valence-corrected chi connectivity index (χ1v) is 12.3. The Bertz CT molecular complexity index is 824. The zero-order chi connectivity index (χ0) is 21.0. The van der Waals surface area contributed by atoms with Gasteiger partial charge < -0.3 is 15.4 Å². The van der Waals surface area contributed by atoms with Crippen LogP contribution in [-0.4, -0.2) is 30.3 Å². The summed E-state index contributed by atoms with van der Waals surface area (Å²) < 4.78 is 5.85. The second-order valence-corrected chi connectivity index (χ2v) is 10.4. The van der Waals surface area contributed by atoms with Crippen LogP contribution >= 0.6 is 11.8 Å². The number of fused-ring (bicyclic) bond motifs is 1. The van der Waals surface area contributed by atoms with Crippen LogP contribution in [0.15, 0.2) is 46.8 Å². The highest BCUT2D eigenvalue weighted by Gasteiger charge is 2.31. The number of thioether (sulfide) groups is 1. The highest BCUT2D eigenvalue weighted by Crippen LogP contribution is 2.39. The first-order valence-electron chi connectivity index (χ1n) is 11.4. The molecule has 3 unspecified atom stereocenters. The average molecular weight is 426 g/mol. The molecule has 30 heavy (non-hydrogen) atoms. The summed E-state index contributed by atoms with van der Waals surface area (Å²) in [6.45, 7) is 7.21. The monoisotopic (exact) mass is 425 g/mol. The minimum Gasteiger partial charge on any atom is -0.489 e. The molecule has 4 rings (SSSR count). The van der Waals surface area contributed by atoms with E-state index in [1.165, 1.54) is 37.8 Å². The highest BCUT2D eigenvalue weighted by atomic mass is 32.2. The van der Waals surface area contributed by atoms with Crippen LogP contribution in [0.1, 0.15) is 52.4 Å². The molecule has 1 aromatic carbocycles. The Morgan fingerprint density at radius 2 is 2.23 bits per heavy atom. The minimum atomic E-state index is -0.133. The number of nitrogens with two attached hydrogens (primary N) is 1. The third-order valence-electron chi connectivity index (χ3n) is 6.61. The molecule has 0 fully saturated rings. The Hall–Kier alpha value is -1.88. The van der Waals surface area contributed by atoms with Crippen molar-refractivity contribution in [2.75, 3.05) is 24.6 Å². The number of nitrogens with zero attached hydrogens (tertiary/aromatic N) is 2. The maximum atomic E-state index is 6.34. The molecule has 2 N–H and O–H groups in total. The zero-order valence-corrected chi connectivity index (χ0v) is 19.2. The van der Waals surface area contributed by atoms with Gasteiger partial charge >= 0.3 is 0 Å². The van der Waals surface area contributed by atoms with Crippen molar-refractivity contribution in [1.29, 1.82) is 0 Å². The molecular weight excluding hydrogens is 390 g/mol.